The zero-order valence-corrected chi connectivity index (χ0v) is 5.60. The zero-order chi connectivity index (χ0) is 9.19. The summed E-state index contributed by atoms with van der Waals surface area (Å²) in [6, 6.07) is 1.84. The normalized spacial score (nSPS) is 11.7. The molecule has 0 saturated carbocycles. The number of alkyl halides is 2. The van der Waals surface area contributed by atoms with Crippen LogP contribution in [-0.4, -0.2) is 4.98 Å². The number of nitrogens with zero attached hydrogens (tertiary/aromatic N) is 1. The van der Waals surface area contributed by atoms with Gasteiger partial charge in [-0.3, -0.25) is 0 Å². The van der Waals surface area contributed by atoms with Crippen molar-refractivity contribution in [2.24, 2.45) is 0 Å². The van der Waals surface area contributed by atoms with Crippen molar-refractivity contribution in [3.63, 3.8) is 0 Å². The van der Waals surface area contributed by atoms with Crippen molar-refractivity contribution in [1.82, 2.24) is 4.98 Å². The van der Waals surface area contributed by atoms with Crippen molar-refractivity contribution in [3.05, 3.63) is 29.8 Å². The Hall–Kier alpha value is -1.17. The highest BCUT2D eigenvalue weighted by molar-refractivity contribution is 5.10. The monoisotopic (exact) mass is 181 g/mol. The van der Waals surface area contributed by atoms with Crippen LogP contribution in [-0.2, 0) is 11.1 Å². The Morgan fingerprint density at radius 1 is 1.42 bits per heavy atom. The zero-order valence-electron chi connectivity index (χ0n) is 5.60. The van der Waals surface area contributed by atoms with Gasteiger partial charge in [0.05, 0.1) is 0 Å². The van der Waals surface area contributed by atoms with Gasteiger partial charge in [-0.25, -0.2) is 9.37 Å². The molecule has 66 valence electrons. The topological polar surface area (TPSA) is 22.1 Å². The fourth-order valence-electron chi connectivity index (χ4n) is 0.636. The Bertz CT molecular complexity index is 278. The predicted octanol–water partition coefficient (Wildman–Crippen LogP) is 2.17. The van der Waals surface area contributed by atoms with Gasteiger partial charge in [0.15, 0.2) is 11.5 Å². The molecule has 0 aliphatic rings. The van der Waals surface area contributed by atoms with E-state index < -0.39 is 17.6 Å². The van der Waals surface area contributed by atoms with E-state index in [4.69, 9.17) is 0 Å². The Morgan fingerprint density at radius 2 is 2.08 bits per heavy atom. The summed E-state index contributed by atoms with van der Waals surface area (Å²) in [7, 11) is 0. The standard InChI is InChI=1S/C6H3F4NO/c7-4-2-1-3-11-5(4)6(8,9)12-10/h1-3H. The number of pyridine rings is 1. The van der Waals surface area contributed by atoms with Gasteiger partial charge in [-0.15, -0.1) is 4.94 Å². The third-order valence-electron chi connectivity index (χ3n) is 1.13. The van der Waals surface area contributed by atoms with Crippen molar-refractivity contribution in [2.75, 3.05) is 0 Å². The SMILES string of the molecule is FOC(F)(F)c1ncccc1F. The van der Waals surface area contributed by atoms with Gasteiger partial charge in [-0.2, -0.15) is 8.78 Å². The second-order valence-corrected chi connectivity index (χ2v) is 1.93. The highest BCUT2D eigenvalue weighted by Gasteiger charge is 2.39. The molecule has 0 aromatic carbocycles. The molecule has 6 heteroatoms. The second kappa shape index (κ2) is 3.06. The molecule has 0 fully saturated rings. The van der Waals surface area contributed by atoms with Crippen LogP contribution in [0.3, 0.4) is 0 Å². The molecule has 0 bridgehead atoms. The van der Waals surface area contributed by atoms with Crippen LogP contribution in [0.1, 0.15) is 5.69 Å². The van der Waals surface area contributed by atoms with Gasteiger partial charge in [0.2, 0.25) is 0 Å². The third-order valence-corrected chi connectivity index (χ3v) is 1.13. The summed E-state index contributed by atoms with van der Waals surface area (Å²) in [5.74, 6) is -1.32. The van der Waals surface area contributed by atoms with Crippen LogP contribution < -0.4 is 0 Å². The van der Waals surface area contributed by atoms with Crippen LogP contribution in [0.25, 0.3) is 0 Å². The van der Waals surface area contributed by atoms with E-state index in [1.165, 1.54) is 0 Å². The van der Waals surface area contributed by atoms with Crippen molar-refractivity contribution >= 4 is 0 Å². The van der Waals surface area contributed by atoms with Crippen LogP contribution >= 0.6 is 0 Å². The molecular formula is C6H3F4NO. The lowest BCUT2D eigenvalue weighted by Crippen LogP contribution is -2.17. The first kappa shape index (κ1) is 8.92. The van der Waals surface area contributed by atoms with Crippen LogP contribution in [0.5, 0.6) is 0 Å². The summed E-state index contributed by atoms with van der Waals surface area (Å²) in [6.45, 7) is 0. The molecule has 1 aromatic heterocycles. The lowest BCUT2D eigenvalue weighted by Gasteiger charge is -2.09. The van der Waals surface area contributed by atoms with E-state index >= 15 is 0 Å². The fraction of sp³-hybridized carbons (Fsp3) is 0.167. The molecule has 0 amide bonds. The molecule has 0 atom stereocenters. The van der Waals surface area contributed by atoms with Crippen molar-refractivity contribution in [2.45, 2.75) is 6.11 Å². The first-order chi connectivity index (χ1) is 5.58. The van der Waals surface area contributed by atoms with Crippen LogP contribution in [0.15, 0.2) is 18.3 Å². The summed E-state index contributed by atoms with van der Waals surface area (Å²) < 4.78 is 48.2. The van der Waals surface area contributed by atoms with E-state index in [0.717, 1.165) is 18.3 Å². The maximum Gasteiger partial charge on any atom is 0.432 e. The molecule has 1 aromatic rings. The molecule has 0 radical (unpaired) electrons. The average Bonchev–Trinajstić information content (AvgIpc) is 2.05. The smallest absolute Gasteiger partial charge is 0.249 e. The fourth-order valence-corrected chi connectivity index (χ4v) is 0.636. The van der Waals surface area contributed by atoms with Gasteiger partial charge in [0.1, 0.15) is 0 Å². The maximum atomic E-state index is 12.5. The molecule has 12 heavy (non-hydrogen) atoms. The van der Waals surface area contributed by atoms with Gasteiger partial charge in [-0.05, 0) is 16.7 Å². The minimum absolute atomic E-state index is 0.731. The highest BCUT2D eigenvalue weighted by Crippen LogP contribution is 2.29. The summed E-state index contributed by atoms with van der Waals surface area (Å²) in [5, 5.41) is 0. The molecule has 0 aliphatic heterocycles. The molecule has 1 heterocycles. The first-order valence-electron chi connectivity index (χ1n) is 2.86. The first-order valence-corrected chi connectivity index (χ1v) is 2.86. The minimum atomic E-state index is -4.33. The summed E-state index contributed by atoms with van der Waals surface area (Å²) >= 11 is 0. The van der Waals surface area contributed by atoms with E-state index in [0.29, 0.717) is 0 Å². The predicted molar refractivity (Wildman–Crippen MR) is 30.3 cm³/mol. The van der Waals surface area contributed by atoms with Gasteiger partial charge < -0.3 is 0 Å². The maximum absolute atomic E-state index is 12.5. The molecular weight excluding hydrogens is 178 g/mol. The molecule has 0 N–H and O–H groups in total. The Morgan fingerprint density at radius 3 is 2.58 bits per heavy atom. The largest absolute Gasteiger partial charge is 0.432 e. The summed E-state index contributed by atoms with van der Waals surface area (Å²) in [6.07, 6.45) is -3.42. The molecule has 0 spiro atoms. The number of rotatable bonds is 2. The van der Waals surface area contributed by atoms with Crippen LogP contribution in [0, 0.1) is 5.82 Å². The van der Waals surface area contributed by atoms with E-state index in [-0.39, 0.29) is 0 Å². The minimum Gasteiger partial charge on any atom is -0.249 e. The lowest BCUT2D eigenvalue weighted by molar-refractivity contribution is -0.367. The van der Waals surface area contributed by atoms with Gasteiger partial charge >= 0.3 is 6.11 Å². The second-order valence-electron chi connectivity index (χ2n) is 1.93. The number of halogens is 4. The third kappa shape index (κ3) is 1.53. The van der Waals surface area contributed by atoms with Crippen LogP contribution in [0.2, 0.25) is 0 Å². The van der Waals surface area contributed by atoms with Crippen molar-refractivity contribution in [3.8, 4) is 0 Å². The van der Waals surface area contributed by atoms with E-state index in [9.17, 15) is 17.7 Å². The summed E-state index contributed by atoms with van der Waals surface area (Å²) in [5.41, 5.74) is -1.37. The van der Waals surface area contributed by atoms with Crippen LogP contribution in [0.4, 0.5) is 17.7 Å². The quantitative estimate of drug-likeness (QED) is 0.652. The molecule has 0 aliphatic carbocycles. The molecule has 2 nitrogen and oxygen atoms in total. The Labute approximate surface area is 64.7 Å². The summed E-state index contributed by atoms with van der Waals surface area (Å²) in [4.78, 5) is 5.20. The Balaban J connectivity index is 3.10. The molecule has 0 unspecified atom stereocenters. The number of hydrogen-bond donors (Lipinski definition) is 0. The van der Waals surface area contributed by atoms with E-state index in [2.05, 4.69) is 9.93 Å². The average molecular weight is 181 g/mol. The van der Waals surface area contributed by atoms with Crippen molar-refractivity contribution < 1.29 is 22.6 Å². The van der Waals surface area contributed by atoms with Gasteiger partial charge in [0, 0.05) is 6.20 Å². The van der Waals surface area contributed by atoms with Gasteiger partial charge in [-0.1, -0.05) is 0 Å². The van der Waals surface area contributed by atoms with Gasteiger partial charge in [0.25, 0.3) is 0 Å². The molecule has 0 saturated heterocycles. The van der Waals surface area contributed by atoms with E-state index in [1.54, 1.807) is 0 Å². The number of aromatic nitrogens is 1. The molecule has 1 rings (SSSR count). The Kier molecular flexibility index (Phi) is 2.27. The number of hydrogen-bond acceptors (Lipinski definition) is 2. The highest BCUT2D eigenvalue weighted by atomic mass is 19.4. The van der Waals surface area contributed by atoms with Crippen molar-refractivity contribution in [1.29, 1.82) is 0 Å². The lowest BCUT2D eigenvalue weighted by atomic mass is 10.3. The van der Waals surface area contributed by atoms with E-state index in [1.807, 2.05) is 0 Å².